The number of nitrogens with one attached hydrogen (secondary N) is 1. The van der Waals surface area contributed by atoms with E-state index in [1.54, 1.807) is 12.4 Å². The highest BCUT2D eigenvalue weighted by Crippen LogP contribution is 2.15. The molecule has 0 fully saturated rings. The first-order chi connectivity index (χ1) is 13.6. The fourth-order valence-corrected chi connectivity index (χ4v) is 3.11. The van der Waals surface area contributed by atoms with Crippen LogP contribution in [0.25, 0.3) is 11.0 Å². The van der Waals surface area contributed by atoms with Crippen LogP contribution in [-0.4, -0.2) is 39.1 Å². The van der Waals surface area contributed by atoms with Crippen LogP contribution < -0.4 is 5.32 Å². The summed E-state index contributed by atoms with van der Waals surface area (Å²) in [6.45, 7) is 8.51. The summed E-state index contributed by atoms with van der Waals surface area (Å²) in [5.74, 6) is 0.431. The standard InChI is InChI=1S/C21H30N4O3/c1-4-6-9-17(21(27)28-14-5-2)24-20(26)10-7-8-13-25-16(3)23-18-15-22-12-11-19(18)25/h5,11-12,15,17H,2,4,6-10,13-14H2,1,3H3,(H,24,26)/t17-/m0/s1. The van der Waals surface area contributed by atoms with Gasteiger partial charge in [0.15, 0.2) is 0 Å². The quantitative estimate of drug-likeness (QED) is 0.344. The Kier molecular flexibility index (Phi) is 8.65. The van der Waals surface area contributed by atoms with Gasteiger partial charge in [-0.2, -0.15) is 0 Å². The Morgan fingerprint density at radius 2 is 2.18 bits per heavy atom. The number of carbonyl (C=O) groups is 2. The van der Waals surface area contributed by atoms with Crippen LogP contribution in [0, 0.1) is 6.92 Å². The number of hydrogen-bond donors (Lipinski definition) is 1. The molecule has 0 spiro atoms. The lowest BCUT2D eigenvalue weighted by Gasteiger charge is -2.17. The van der Waals surface area contributed by atoms with Crippen molar-refractivity contribution in [2.24, 2.45) is 0 Å². The second-order valence-corrected chi connectivity index (χ2v) is 6.81. The fraction of sp³-hybridized carbons (Fsp3) is 0.524. The number of imidazole rings is 1. The maximum atomic E-state index is 12.3. The number of ether oxygens (including phenoxy) is 1. The van der Waals surface area contributed by atoms with Crippen LogP contribution >= 0.6 is 0 Å². The van der Waals surface area contributed by atoms with Crippen molar-refractivity contribution in [3.8, 4) is 0 Å². The number of aromatic nitrogens is 3. The molecule has 1 atom stereocenters. The van der Waals surface area contributed by atoms with E-state index in [1.165, 1.54) is 6.08 Å². The van der Waals surface area contributed by atoms with E-state index in [4.69, 9.17) is 4.74 Å². The summed E-state index contributed by atoms with van der Waals surface area (Å²) in [4.78, 5) is 33.0. The Bertz CT molecular complexity index is 800. The molecular weight excluding hydrogens is 356 g/mol. The zero-order chi connectivity index (χ0) is 20.4. The highest BCUT2D eigenvalue weighted by molar-refractivity contribution is 5.84. The number of nitrogens with zero attached hydrogens (tertiary/aromatic N) is 3. The summed E-state index contributed by atoms with van der Waals surface area (Å²) >= 11 is 0. The van der Waals surface area contributed by atoms with E-state index in [9.17, 15) is 9.59 Å². The number of pyridine rings is 1. The topological polar surface area (TPSA) is 86.1 Å². The van der Waals surface area contributed by atoms with Crippen LogP contribution in [0.4, 0.5) is 0 Å². The third kappa shape index (κ3) is 6.18. The van der Waals surface area contributed by atoms with Gasteiger partial charge in [-0.25, -0.2) is 9.78 Å². The van der Waals surface area contributed by atoms with Crippen molar-refractivity contribution in [3.63, 3.8) is 0 Å². The van der Waals surface area contributed by atoms with E-state index in [1.807, 2.05) is 19.9 Å². The zero-order valence-electron chi connectivity index (χ0n) is 16.8. The molecule has 2 aromatic heterocycles. The van der Waals surface area contributed by atoms with Gasteiger partial charge < -0.3 is 14.6 Å². The summed E-state index contributed by atoms with van der Waals surface area (Å²) in [5, 5.41) is 2.82. The minimum Gasteiger partial charge on any atom is -0.460 e. The van der Waals surface area contributed by atoms with Crippen molar-refractivity contribution in [1.29, 1.82) is 0 Å². The van der Waals surface area contributed by atoms with Crippen molar-refractivity contribution < 1.29 is 14.3 Å². The molecule has 152 valence electrons. The van der Waals surface area contributed by atoms with Crippen LogP contribution in [0.2, 0.25) is 0 Å². The molecule has 0 saturated heterocycles. The SMILES string of the molecule is C=CCOC(=O)[C@H](CCCC)NC(=O)CCCCn1c(C)nc2cnccc21. The molecule has 0 unspecified atom stereocenters. The van der Waals surface area contributed by atoms with E-state index < -0.39 is 12.0 Å². The van der Waals surface area contributed by atoms with Crippen LogP contribution in [-0.2, 0) is 20.9 Å². The normalized spacial score (nSPS) is 11.9. The third-order valence-electron chi connectivity index (χ3n) is 4.59. The molecule has 2 aromatic rings. The minimum absolute atomic E-state index is 0.118. The van der Waals surface area contributed by atoms with Gasteiger partial charge in [-0.1, -0.05) is 32.4 Å². The van der Waals surface area contributed by atoms with Crippen molar-refractivity contribution in [1.82, 2.24) is 19.9 Å². The summed E-state index contributed by atoms with van der Waals surface area (Å²) in [7, 11) is 0. The largest absolute Gasteiger partial charge is 0.460 e. The lowest BCUT2D eigenvalue weighted by molar-refractivity contribution is -0.147. The minimum atomic E-state index is -0.584. The lowest BCUT2D eigenvalue weighted by Crippen LogP contribution is -2.41. The smallest absolute Gasteiger partial charge is 0.328 e. The fourth-order valence-electron chi connectivity index (χ4n) is 3.11. The number of esters is 1. The van der Waals surface area contributed by atoms with Gasteiger partial charge in [0.2, 0.25) is 5.91 Å². The number of amides is 1. The van der Waals surface area contributed by atoms with Crippen LogP contribution in [0.3, 0.4) is 0 Å². The van der Waals surface area contributed by atoms with E-state index in [-0.39, 0.29) is 12.5 Å². The molecule has 0 aliphatic heterocycles. The highest BCUT2D eigenvalue weighted by Gasteiger charge is 2.21. The van der Waals surface area contributed by atoms with Crippen molar-refractivity contribution >= 4 is 22.9 Å². The summed E-state index contributed by atoms with van der Waals surface area (Å²) in [5.41, 5.74) is 1.94. The summed E-state index contributed by atoms with van der Waals surface area (Å²) < 4.78 is 7.24. The van der Waals surface area contributed by atoms with Crippen LogP contribution in [0.1, 0.15) is 51.3 Å². The highest BCUT2D eigenvalue weighted by atomic mass is 16.5. The molecule has 0 bridgehead atoms. The number of unbranched alkanes of at least 4 members (excludes halogenated alkanes) is 2. The molecule has 0 aliphatic carbocycles. The van der Waals surface area contributed by atoms with Gasteiger partial charge in [0.1, 0.15) is 24.0 Å². The molecule has 7 heteroatoms. The van der Waals surface area contributed by atoms with E-state index in [2.05, 4.69) is 26.4 Å². The lowest BCUT2D eigenvalue weighted by atomic mass is 10.1. The molecule has 0 radical (unpaired) electrons. The number of hydrogen-bond acceptors (Lipinski definition) is 5. The molecular formula is C21H30N4O3. The summed E-state index contributed by atoms with van der Waals surface area (Å²) in [6, 6.07) is 1.37. The van der Waals surface area contributed by atoms with Gasteiger partial charge in [-0.05, 0) is 32.3 Å². The molecule has 7 nitrogen and oxygen atoms in total. The van der Waals surface area contributed by atoms with Gasteiger partial charge >= 0.3 is 5.97 Å². The third-order valence-corrected chi connectivity index (χ3v) is 4.59. The van der Waals surface area contributed by atoms with Gasteiger partial charge in [0, 0.05) is 19.2 Å². The molecule has 2 rings (SSSR count). The average molecular weight is 386 g/mol. The average Bonchev–Trinajstić information content (AvgIpc) is 3.01. The van der Waals surface area contributed by atoms with Gasteiger partial charge in [0.05, 0.1) is 11.7 Å². The molecule has 0 saturated carbocycles. The second kappa shape index (κ2) is 11.2. The maximum Gasteiger partial charge on any atom is 0.328 e. The first kappa shape index (κ1) is 21.6. The first-order valence-corrected chi connectivity index (χ1v) is 9.90. The Hall–Kier alpha value is -2.70. The molecule has 0 aromatic carbocycles. The number of carbonyl (C=O) groups excluding carboxylic acids is 2. The van der Waals surface area contributed by atoms with E-state index in [0.29, 0.717) is 12.8 Å². The predicted molar refractivity (Wildman–Crippen MR) is 109 cm³/mol. The molecule has 28 heavy (non-hydrogen) atoms. The van der Waals surface area contributed by atoms with Crippen LogP contribution in [0.5, 0.6) is 0 Å². The van der Waals surface area contributed by atoms with Crippen LogP contribution in [0.15, 0.2) is 31.1 Å². The Morgan fingerprint density at radius 3 is 2.93 bits per heavy atom. The first-order valence-electron chi connectivity index (χ1n) is 9.90. The van der Waals surface area contributed by atoms with Gasteiger partial charge in [0.25, 0.3) is 0 Å². The second-order valence-electron chi connectivity index (χ2n) is 6.81. The van der Waals surface area contributed by atoms with E-state index >= 15 is 0 Å². The Labute approximate surface area is 166 Å². The predicted octanol–water partition coefficient (Wildman–Crippen LogP) is 3.31. The molecule has 2 heterocycles. The van der Waals surface area contributed by atoms with Crippen molar-refractivity contribution in [2.45, 2.75) is 65.0 Å². The number of fused-ring (bicyclic) bond motifs is 1. The number of aryl methyl sites for hydroxylation is 2. The van der Waals surface area contributed by atoms with Gasteiger partial charge in [-0.15, -0.1) is 0 Å². The molecule has 1 amide bonds. The number of rotatable bonds is 12. The van der Waals surface area contributed by atoms with Gasteiger partial charge in [-0.3, -0.25) is 9.78 Å². The van der Waals surface area contributed by atoms with Crippen molar-refractivity contribution in [2.75, 3.05) is 6.61 Å². The maximum absolute atomic E-state index is 12.3. The Balaban J connectivity index is 1.80. The monoisotopic (exact) mass is 386 g/mol. The van der Waals surface area contributed by atoms with Crippen molar-refractivity contribution in [3.05, 3.63) is 36.9 Å². The summed E-state index contributed by atoms with van der Waals surface area (Å²) in [6.07, 6.45) is 9.40. The molecule has 1 N–H and O–H groups in total. The molecule has 0 aliphatic rings. The zero-order valence-corrected chi connectivity index (χ0v) is 16.8. The van der Waals surface area contributed by atoms with E-state index in [0.717, 1.165) is 49.1 Å². The Morgan fingerprint density at radius 1 is 1.36 bits per heavy atom.